The van der Waals surface area contributed by atoms with Crippen molar-refractivity contribution in [2.45, 2.75) is 0 Å². The van der Waals surface area contributed by atoms with Gasteiger partial charge in [0.2, 0.25) is 0 Å². The van der Waals surface area contributed by atoms with Crippen LogP contribution in [-0.2, 0) is 0 Å². The van der Waals surface area contributed by atoms with Crippen molar-refractivity contribution in [2.24, 2.45) is 0 Å². The second kappa shape index (κ2) is 16.5. The molecule has 0 aliphatic carbocycles. The molecule has 0 bridgehead atoms. The standard InChI is InChI=1S/C57H39N3/c1-5-22-40(23-6-1)44-30-13-15-32-46(44)48-34-17-18-36-50(48)51-38-21-39-58-55(51)57-56(59-53(42-26-9-3-10-27-42)54(60-57)43-28-11-4-12-29-43)52-37-20-19-35-49(52)47-33-16-14-31-45(47)41-24-7-2-8-25-41/h1-39H. The lowest BCUT2D eigenvalue weighted by atomic mass is 9.87. The maximum atomic E-state index is 5.72. The minimum atomic E-state index is 0.708. The van der Waals surface area contributed by atoms with E-state index in [1.165, 1.54) is 11.1 Å². The molecule has 2 aromatic heterocycles. The van der Waals surface area contributed by atoms with Crippen LogP contribution in [-0.4, -0.2) is 15.0 Å². The second-order valence-corrected chi connectivity index (χ2v) is 14.7. The van der Waals surface area contributed by atoms with Gasteiger partial charge in [0.15, 0.2) is 0 Å². The fraction of sp³-hybridized carbons (Fsp3) is 0. The number of hydrogen-bond acceptors (Lipinski definition) is 3. The van der Waals surface area contributed by atoms with Gasteiger partial charge in [0, 0.05) is 28.5 Å². The Morgan fingerprint density at radius 3 is 0.933 bits per heavy atom. The van der Waals surface area contributed by atoms with Gasteiger partial charge in [-0.2, -0.15) is 0 Å². The molecular weight excluding hydrogens is 727 g/mol. The molecule has 0 saturated heterocycles. The summed E-state index contributed by atoms with van der Waals surface area (Å²) in [7, 11) is 0. The van der Waals surface area contributed by atoms with E-state index in [9.17, 15) is 0 Å². The summed E-state index contributed by atoms with van der Waals surface area (Å²) in [5.74, 6) is 0. The molecule has 10 rings (SSSR count). The zero-order valence-electron chi connectivity index (χ0n) is 32.9. The lowest BCUT2D eigenvalue weighted by molar-refractivity contribution is 1.19. The van der Waals surface area contributed by atoms with Crippen molar-refractivity contribution in [1.82, 2.24) is 15.0 Å². The summed E-state index contributed by atoms with van der Waals surface area (Å²) in [6.45, 7) is 0. The third kappa shape index (κ3) is 6.99. The van der Waals surface area contributed by atoms with E-state index in [1.807, 2.05) is 24.4 Å². The largest absolute Gasteiger partial charge is 0.254 e. The Hall–Kier alpha value is -8.01. The molecule has 0 atom stereocenters. The van der Waals surface area contributed by atoms with Gasteiger partial charge < -0.3 is 0 Å². The Balaban J connectivity index is 1.27. The number of rotatable bonds is 9. The highest BCUT2D eigenvalue weighted by molar-refractivity contribution is 5.99. The Kier molecular flexibility index (Phi) is 9.97. The van der Waals surface area contributed by atoms with E-state index >= 15 is 0 Å². The number of nitrogens with zero attached hydrogens (tertiary/aromatic N) is 3. The van der Waals surface area contributed by atoms with E-state index in [4.69, 9.17) is 15.0 Å². The Bertz CT molecular complexity index is 3070. The van der Waals surface area contributed by atoms with Crippen LogP contribution in [0.4, 0.5) is 0 Å². The third-order valence-corrected chi connectivity index (χ3v) is 11.0. The van der Waals surface area contributed by atoms with E-state index < -0.39 is 0 Å². The van der Waals surface area contributed by atoms with E-state index in [0.717, 1.165) is 84.0 Å². The lowest BCUT2D eigenvalue weighted by Gasteiger charge is -2.20. The topological polar surface area (TPSA) is 38.7 Å². The van der Waals surface area contributed by atoms with Crippen molar-refractivity contribution in [2.75, 3.05) is 0 Å². The molecule has 2 heterocycles. The Labute approximate surface area is 351 Å². The molecule has 3 heteroatoms. The van der Waals surface area contributed by atoms with Crippen molar-refractivity contribution in [3.05, 3.63) is 237 Å². The maximum absolute atomic E-state index is 5.72. The first-order chi connectivity index (χ1) is 29.8. The minimum absolute atomic E-state index is 0.708. The summed E-state index contributed by atoms with van der Waals surface area (Å²) in [6, 6.07) is 80.6. The molecule has 8 aromatic carbocycles. The Morgan fingerprint density at radius 1 is 0.183 bits per heavy atom. The predicted octanol–water partition coefficient (Wildman–Crippen LogP) is 14.9. The molecule has 282 valence electrons. The molecule has 0 N–H and O–H groups in total. The molecule has 60 heavy (non-hydrogen) atoms. The van der Waals surface area contributed by atoms with E-state index in [1.54, 1.807) is 0 Å². The van der Waals surface area contributed by atoms with E-state index in [0.29, 0.717) is 5.69 Å². The SMILES string of the molecule is c1ccc(-c2ccccc2-c2ccccc2-c2cccnc2-c2nc(-c3ccccc3)c(-c3ccccc3)nc2-c2ccccc2-c2ccccc2-c2ccccc2)cc1. The van der Waals surface area contributed by atoms with Gasteiger partial charge >= 0.3 is 0 Å². The fourth-order valence-corrected chi connectivity index (χ4v) is 8.25. The van der Waals surface area contributed by atoms with Crippen LogP contribution in [0, 0.1) is 0 Å². The van der Waals surface area contributed by atoms with Crippen LogP contribution >= 0.6 is 0 Å². The predicted molar refractivity (Wildman–Crippen MR) is 249 cm³/mol. The van der Waals surface area contributed by atoms with Gasteiger partial charge in [-0.15, -0.1) is 0 Å². The van der Waals surface area contributed by atoms with Crippen molar-refractivity contribution < 1.29 is 0 Å². The molecule has 0 amide bonds. The van der Waals surface area contributed by atoms with Crippen LogP contribution < -0.4 is 0 Å². The van der Waals surface area contributed by atoms with Crippen LogP contribution in [0.25, 0.3) is 101 Å². The first kappa shape index (κ1) is 36.3. The van der Waals surface area contributed by atoms with Crippen molar-refractivity contribution in [3.8, 4) is 101 Å². The molecule has 0 fully saturated rings. The quantitative estimate of drug-likeness (QED) is 0.147. The third-order valence-electron chi connectivity index (χ3n) is 11.0. The van der Waals surface area contributed by atoms with Crippen molar-refractivity contribution in [1.29, 1.82) is 0 Å². The van der Waals surface area contributed by atoms with Gasteiger partial charge in [0.1, 0.15) is 5.69 Å². The fourth-order valence-electron chi connectivity index (χ4n) is 8.25. The van der Waals surface area contributed by atoms with Gasteiger partial charge in [-0.1, -0.05) is 224 Å². The van der Waals surface area contributed by atoms with Crippen molar-refractivity contribution in [3.63, 3.8) is 0 Å². The van der Waals surface area contributed by atoms with Crippen molar-refractivity contribution >= 4 is 0 Å². The number of hydrogen-bond donors (Lipinski definition) is 0. The van der Waals surface area contributed by atoms with Crippen LogP contribution in [0.3, 0.4) is 0 Å². The minimum Gasteiger partial charge on any atom is -0.254 e. The van der Waals surface area contributed by atoms with Crippen LogP contribution in [0.2, 0.25) is 0 Å². The van der Waals surface area contributed by atoms with E-state index in [-0.39, 0.29) is 0 Å². The molecular formula is C57H39N3. The first-order valence-electron chi connectivity index (χ1n) is 20.3. The molecule has 0 radical (unpaired) electrons. The van der Waals surface area contributed by atoms with Gasteiger partial charge in [-0.05, 0) is 56.1 Å². The molecule has 0 saturated carbocycles. The summed E-state index contributed by atoms with van der Waals surface area (Å²) in [4.78, 5) is 16.7. The summed E-state index contributed by atoms with van der Waals surface area (Å²) in [5.41, 5.74) is 17.9. The first-order valence-corrected chi connectivity index (χ1v) is 20.3. The number of benzene rings is 8. The lowest BCUT2D eigenvalue weighted by Crippen LogP contribution is -2.04. The highest BCUT2D eigenvalue weighted by Gasteiger charge is 2.25. The zero-order valence-corrected chi connectivity index (χ0v) is 32.9. The number of pyridine rings is 1. The van der Waals surface area contributed by atoms with Crippen LogP contribution in [0.1, 0.15) is 0 Å². The van der Waals surface area contributed by atoms with Gasteiger partial charge in [-0.3, -0.25) is 4.98 Å². The highest BCUT2D eigenvalue weighted by Crippen LogP contribution is 2.46. The Morgan fingerprint density at radius 2 is 0.483 bits per heavy atom. The zero-order chi connectivity index (χ0) is 40.1. The summed E-state index contributed by atoms with van der Waals surface area (Å²) in [5, 5.41) is 0. The average Bonchev–Trinajstić information content (AvgIpc) is 3.35. The average molecular weight is 766 g/mol. The maximum Gasteiger partial charge on any atom is 0.116 e. The van der Waals surface area contributed by atoms with Gasteiger partial charge in [0.25, 0.3) is 0 Å². The molecule has 0 unspecified atom stereocenters. The second-order valence-electron chi connectivity index (χ2n) is 14.7. The summed E-state index contributed by atoms with van der Waals surface area (Å²) >= 11 is 0. The highest BCUT2D eigenvalue weighted by atomic mass is 14.9. The van der Waals surface area contributed by atoms with Crippen LogP contribution in [0.15, 0.2) is 237 Å². The van der Waals surface area contributed by atoms with E-state index in [2.05, 4.69) is 212 Å². The smallest absolute Gasteiger partial charge is 0.116 e. The van der Waals surface area contributed by atoms with Crippen LogP contribution in [0.5, 0.6) is 0 Å². The molecule has 0 spiro atoms. The number of aromatic nitrogens is 3. The normalized spacial score (nSPS) is 11.0. The molecule has 0 aliphatic rings. The molecule has 0 aliphatic heterocycles. The van der Waals surface area contributed by atoms with Gasteiger partial charge in [-0.25, -0.2) is 9.97 Å². The summed E-state index contributed by atoms with van der Waals surface area (Å²) in [6.07, 6.45) is 1.87. The summed E-state index contributed by atoms with van der Waals surface area (Å²) < 4.78 is 0. The molecule has 3 nitrogen and oxygen atoms in total. The monoisotopic (exact) mass is 765 g/mol. The molecule has 10 aromatic rings. The van der Waals surface area contributed by atoms with Gasteiger partial charge in [0.05, 0.1) is 22.8 Å².